The third-order valence-corrected chi connectivity index (χ3v) is 9.42. The zero-order valence-electron chi connectivity index (χ0n) is 19.5. The number of carbonyl (C=O) groups is 1. The number of likely N-dealkylation sites (N-methyl/N-ethyl adjacent to an activating group) is 1. The number of allylic oxidation sites excluding steroid dienone is 1. The average Bonchev–Trinajstić information content (AvgIpc) is 3.00. The Labute approximate surface area is 196 Å². The normalized spacial score (nSPS) is 39.9. The summed E-state index contributed by atoms with van der Waals surface area (Å²) in [5.74, 6) is 2.71. The smallest absolute Gasteiger partial charge is 0.139 e. The molecule has 0 radical (unpaired) electrons. The molecule has 0 aromatic rings. The Bertz CT molecular complexity index is 635. The predicted molar refractivity (Wildman–Crippen MR) is 129 cm³/mol. The van der Waals surface area contributed by atoms with E-state index < -0.39 is 0 Å². The second-order valence-corrected chi connectivity index (χ2v) is 10.4. The highest BCUT2D eigenvalue weighted by atomic mass is 35.5. The van der Waals surface area contributed by atoms with Gasteiger partial charge in [-0.05, 0) is 81.2 Å². The van der Waals surface area contributed by atoms with Gasteiger partial charge in [0.15, 0.2) is 0 Å². The first-order valence-electron chi connectivity index (χ1n) is 12.0. The minimum absolute atomic E-state index is 0. The molecule has 3 nitrogen and oxygen atoms in total. The maximum absolute atomic E-state index is 12.6. The molecule has 6 atom stereocenters. The fourth-order valence-electron chi connectivity index (χ4n) is 7.43. The first kappa shape index (κ1) is 26.2. The van der Waals surface area contributed by atoms with E-state index in [0.717, 1.165) is 63.8 Å². The van der Waals surface area contributed by atoms with Gasteiger partial charge in [0.2, 0.25) is 0 Å². The summed E-state index contributed by atoms with van der Waals surface area (Å²) in [7, 11) is 0. The van der Waals surface area contributed by atoms with Gasteiger partial charge in [0, 0.05) is 18.4 Å². The third-order valence-electron chi connectivity index (χ3n) is 9.42. The maximum atomic E-state index is 12.6. The Kier molecular flexibility index (Phi) is 8.93. The van der Waals surface area contributed by atoms with Crippen molar-refractivity contribution >= 4 is 30.6 Å². The maximum Gasteiger partial charge on any atom is 0.139 e. The van der Waals surface area contributed by atoms with Crippen LogP contribution in [0.2, 0.25) is 0 Å². The average molecular weight is 461 g/mol. The van der Waals surface area contributed by atoms with Crippen LogP contribution in [0.4, 0.5) is 0 Å². The summed E-state index contributed by atoms with van der Waals surface area (Å²) in [6.45, 7) is 13.4. The van der Waals surface area contributed by atoms with Crippen molar-refractivity contribution in [1.82, 2.24) is 4.90 Å². The van der Waals surface area contributed by atoms with Gasteiger partial charge < -0.3 is 9.64 Å². The molecular weight excluding hydrogens is 417 g/mol. The topological polar surface area (TPSA) is 29.5 Å². The monoisotopic (exact) mass is 459 g/mol. The molecule has 0 spiro atoms. The SMILES string of the molecule is CCN(CC)CCO[C@H]1CC[C@@]2(C)C(=CC[C@@H]3[C@@H]2CC[C@]2(C)C(=O)CC[C@@H]32)C1.Cl.Cl. The molecule has 0 amide bonds. The number of ketones is 1. The van der Waals surface area contributed by atoms with Gasteiger partial charge >= 0.3 is 0 Å². The van der Waals surface area contributed by atoms with Crippen molar-refractivity contribution in [3.8, 4) is 0 Å². The van der Waals surface area contributed by atoms with Crippen molar-refractivity contribution in [3.05, 3.63) is 11.6 Å². The van der Waals surface area contributed by atoms with Crippen LogP contribution >= 0.6 is 24.8 Å². The number of hydrogen-bond donors (Lipinski definition) is 0. The molecule has 0 heterocycles. The predicted octanol–water partition coefficient (Wildman–Crippen LogP) is 6.09. The number of rotatable bonds is 6. The van der Waals surface area contributed by atoms with Crippen LogP contribution in [0, 0.1) is 28.6 Å². The van der Waals surface area contributed by atoms with Gasteiger partial charge in [-0.15, -0.1) is 24.8 Å². The van der Waals surface area contributed by atoms with Crippen molar-refractivity contribution in [3.63, 3.8) is 0 Å². The summed E-state index contributed by atoms with van der Waals surface area (Å²) in [6, 6.07) is 0. The fraction of sp³-hybridized carbons (Fsp3) is 0.880. The van der Waals surface area contributed by atoms with E-state index in [0.29, 0.717) is 23.2 Å². The minimum atomic E-state index is -0.00634. The van der Waals surface area contributed by atoms with Crippen LogP contribution in [0.15, 0.2) is 11.6 Å². The van der Waals surface area contributed by atoms with E-state index in [9.17, 15) is 4.79 Å². The van der Waals surface area contributed by atoms with Gasteiger partial charge in [0.05, 0.1) is 12.7 Å². The molecule has 3 saturated carbocycles. The molecule has 0 unspecified atom stereocenters. The zero-order valence-corrected chi connectivity index (χ0v) is 21.1. The van der Waals surface area contributed by atoms with E-state index in [4.69, 9.17) is 4.74 Å². The summed E-state index contributed by atoms with van der Waals surface area (Å²) in [6.07, 6.45) is 12.2. The van der Waals surface area contributed by atoms with Crippen LogP contribution in [-0.4, -0.2) is 43.0 Å². The Hall–Kier alpha value is -0.0900. The van der Waals surface area contributed by atoms with Gasteiger partial charge in [0.25, 0.3) is 0 Å². The zero-order chi connectivity index (χ0) is 19.9. The Morgan fingerprint density at radius 2 is 1.70 bits per heavy atom. The summed E-state index contributed by atoms with van der Waals surface area (Å²) in [5.41, 5.74) is 2.03. The largest absolute Gasteiger partial charge is 0.377 e. The molecule has 0 saturated heterocycles. The molecule has 4 aliphatic carbocycles. The van der Waals surface area contributed by atoms with Crippen LogP contribution in [0.1, 0.15) is 79.1 Å². The molecule has 30 heavy (non-hydrogen) atoms. The summed E-state index contributed by atoms with van der Waals surface area (Å²) in [5, 5.41) is 0. The summed E-state index contributed by atoms with van der Waals surface area (Å²) < 4.78 is 6.32. The molecule has 0 aliphatic heterocycles. The van der Waals surface area contributed by atoms with Crippen molar-refractivity contribution in [2.45, 2.75) is 85.2 Å². The van der Waals surface area contributed by atoms with E-state index in [2.05, 4.69) is 38.7 Å². The van der Waals surface area contributed by atoms with Crippen molar-refractivity contribution in [2.75, 3.05) is 26.2 Å². The highest BCUT2D eigenvalue weighted by molar-refractivity contribution is 5.87. The first-order chi connectivity index (χ1) is 13.4. The van der Waals surface area contributed by atoms with Gasteiger partial charge in [0.1, 0.15) is 5.78 Å². The number of Topliss-reactive ketones (excluding diaryl/α,β-unsaturated/α-hetero) is 1. The molecule has 0 N–H and O–H groups in total. The Morgan fingerprint density at radius 1 is 1.03 bits per heavy atom. The number of fused-ring (bicyclic) bond motifs is 5. The molecule has 0 bridgehead atoms. The lowest BCUT2D eigenvalue weighted by Crippen LogP contribution is -2.50. The van der Waals surface area contributed by atoms with E-state index >= 15 is 0 Å². The van der Waals surface area contributed by atoms with Gasteiger partial charge in [-0.25, -0.2) is 0 Å². The minimum Gasteiger partial charge on any atom is -0.377 e. The molecule has 4 aliphatic rings. The summed E-state index contributed by atoms with van der Waals surface area (Å²) in [4.78, 5) is 15.0. The Balaban J connectivity index is 0.00000160. The van der Waals surface area contributed by atoms with Crippen molar-refractivity contribution in [1.29, 1.82) is 0 Å². The Morgan fingerprint density at radius 3 is 2.40 bits per heavy atom. The number of hydrogen-bond acceptors (Lipinski definition) is 3. The highest BCUT2D eigenvalue weighted by Gasteiger charge is 2.58. The third kappa shape index (κ3) is 4.38. The van der Waals surface area contributed by atoms with Crippen LogP contribution in [0.25, 0.3) is 0 Å². The number of nitrogens with zero attached hydrogens (tertiary/aromatic N) is 1. The van der Waals surface area contributed by atoms with Crippen LogP contribution in [-0.2, 0) is 9.53 Å². The quantitative estimate of drug-likeness (QED) is 0.450. The van der Waals surface area contributed by atoms with Crippen LogP contribution < -0.4 is 0 Å². The first-order valence-corrected chi connectivity index (χ1v) is 12.0. The fourth-order valence-corrected chi connectivity index (χ4v) is 7.43. The molecule has 0 aromatic heterocycles. The molecular formula is C25H43Cl2NO2. The summed E-state index contributed by atoms with van der Waals surface area (Å²) >= 11 is 0. The molecule has 174 valence electrons. The van der Waals surface area contributed by atoms with Crippen LogP contribution in [0.3, 0.4) is 0 Å². The number of halogens is 2. The lowest BCUT2D eigenvalue weighted by molar-refractivity contribution is -0.132. The van der Waals surface area contributed by atoms with Gasteiger partial charge in [-0.2, -0.15) is 0 Å². The molecule has 5 heteroatoms. The van der Waals surface area contributed by atoms with Gasteiger partial charge in [-0.3, -0.25) is 4.79 Å². The number of ether oxygens (including phenoxy) is 1. The second kappa shape index (κ2) is 10.2. The molecule has 3 fully saturated rings. The lowest BCUT2D eigenvalue weighted by Gasteiger charge is -2.57. The highest BCUT2D eigenvalue weighted by Crippen LogP contribution is 2.64. The van der Waals surface area contributed by atoms with Crippen LogP contribution in [0.5, 0.6) is 0 Å². The molecule has 0 aromatic carbocycles. The second-order valence-electron chi connectivity index (χ2n) is 10.4. The van der Waals surface area contributed by atoms with Crippen molar-refractivity contribution < 1.29 is 9.53 Å². The molecule has 4 rings (SSSR count). The lowest BCUT2D eigenvalue weighted by atomic mass is 9.48. The van der Waals surface area contributed by atoms with E-state index in [-0.39, 0.29) is 30.2 Å². The van der Waals surface area contributed by atoms with E-state index in [1.54, 1.807) is 5.57 Å². The van der Waals surface area contributed by atoms with E-state index in [1.807, 2.05) is 0 Å². The van der Waals surface area contributed by atoms with Gasteiger partial charge in [-0.1, -0.05) is 39.3 Å². The van der Waals surface area contributed by atoms with Crippen molar-refractivity contribution in [2.24, 2.45) is 28.6 Å². The number of carbonyl (C=O) groups excluding carboxylic acids is 1. The van der Waals surface area contributed by atoms with E-state index in [1.165, 1.54) is 25.7 Å². The standard InChI is InChI=1S/C25H41NO2.2ClH/c1-5-26(6-2)15-16-28-19-11-13-24(3)18(17-19)7-8-20-21-9-10-23(27)25(21,4)14-12-22(20)24;;/h7,19-22H,5-6,8-17H2,1-4H3;2*1H/t19-,20-,21-,22-,24-,25-;;/m0../s1.